The lowest BCUT2D eigenvalue weighted by atomic mass is 9.82. The molecule has 1 aromatic rings. The van der Waals surface area contributed by atoms with E-state index in [1.807, 2.05) is 0 Å². The quantitative estimate of drug-likeness (QED) is 0.812. The van der Waals surface area contributed by atoms with E-state index < -0.39 is 0 Å². The van der Waals surface area contributed by atoms with Crippen LogP contribution in [0.4, 0.5) is 0 Å². The number of benzene rings is 1. The topological polar surface area (TPSA) is 29.3 Å². The summed E-state index contributed by atoms with van der Waals surface area (Å²) < 4.78 is 1.12. The molecule has 0 bridgehead atoms. The highest BCUT2D eigenvalue weighted by Gasteiger charge is 2.28. The summed E-state index contributed by atoms with van der Waals surface area (Å²) in [5, 5.41) is 0. The SMILES string of the molecule is CC(N)C(c1cccc(Br)c1)N1CC=C(C(C)(C)C)CC1. The Morgan fingerprint density at radius 2 is 2.00 bits per heavy atom. The summed E-state index contributed by atoms with van der Waals surface area (Å²) in [7, 11) is 0. The van der Waals surface area contributed by atoms with Gasteiger partial charge >= 0.3 is 0 Å². The predicted molar refractivity (Wildman–Crippen MR) is 94.3 cm³/mol. The fourth-order valence-corrected chi connectivity index (χ4v) is 3.57. The Labute approximate surface area is 137 Å². The summed E-state index contributed by atoms with van der Waals surface area (Å²) >= 11 is 3.57. The minimum Gasteiger partial charge on any atom is -0.326 e. The van der Waals surface area contributed by atoms with Crippen molar-refractivity contribution >= 4 is 15.9 Å². The molecule has 1 aromatic carbocycles. The van der Waals surface area contributed by atoms with E-state index in [0.29, 0.717) is 0 Å². The van der Waals surface area contributed by atoms with Gasteiger partial charge in [0.05, 0.1) is 0 Å². The van der Waals surface area contributed by atoms with Crippen LogP contribution in [-0.4, -0.2) is 24.0 Å². The molecule has 0 amide bonds. The van der Waals surface area contributed by atoms with Crippen LogP contribution in [0, 0.1) is 5.41 Å². The van der Waals surface area contributed by atoms with Crippen molar-refractivity contribution in [2.45, 2.75) is 46.2 Å². The maximum atomic E-state index is 6.29. The Morgan fingerprint density at radius 3 is 2.48 bits per heavy atom. The third-order valence-electron chi connectivity index (χ3n) is 4.29. The molecule has 0 aliphatic carbocycles. The van der Waals surface area contributed by atoms with Crippen LogP contribution < -0.4 is 5.73 Å². The van der Waals surface area contributed by atoms with E-state index >= 15 is 0 Å². The maximum Gasteiger partial charge on any atom is 0.0500 e. The average Bonchev–Trinajstić information content (AvgIpc) is 2.38. The van der Waals surface area contributed by atoms with Gasteiger partial charge in [0.15, 0.2) is 0 Å². The third-order valence-corrected chi connectivity index (χ3v) is 4.78. The molecule has 0 radical (unpaired) electrons. The van der Waals surface area contributed by atoms with Crippen LogP contribution in [0.3, 0.4) is 0 Å². The van der Waals surface area contributed by atoms with Gasteiger partial charge in [-0.05, 0) is 36.5 Å². The molecule has 21 heavy (non-hydrogen) atoms. The zero-order valence-electron chi connectivity index (χ0n) is 13.6. The van der Waals surface area contributed by atoms with E-state index in [9.17, 15) is 0 Å². The second-order valence-corrected chi connectivity index (χ2v) is 8.00. The molecular formula is C18H27BrN2. The van der Waals surface area contributed by atoms with Crippen molar-refractivity contribution in [2.24, 2.45) is 11.1 Å². The van der Waals surface area contributed by atoms with Crippen LogP contribution in [0.1, 0.15) is 45.7 Å². The molecule has 0 spiro atoms. The van der Waals surface area contributed by atoms with Crippen molar-refractivity contribution in [1.29, 1.82) is 0 Å². The van der Waals surface area contributed by atoms with E-state index in [0.717, 1.165) is 24.0 Å². The predicted octanol–water partition coefficient (Wildman–Crippen LogP) is 4.52. The van der Waals surface area contributed by atoms with Gasteiger partial charge in [0.25, 0.3) is 0 Å². The molecule has 2 unspecified atom stereocenters. The average molecular weight is 351 g/mol. The fourth-order valence-electron chi connectivity index (χ4n) is 3.16. The van der Waals surface area contributed by atoms with Crippen molar-refractivity contribution < 1.29 is 0 Å². The van der Waals surface area contributed by atoms with Crippen molar-refractivity contribution in [2.75, 3.05) is 13.1 Å². The van der Waals surface area contributed by atoms with Crippen molar-refractivity contribution in [3.05, 3.63) is 46.0 Å². The molecule has 0 saturated heterocycles. The molecular weight excluding hydrogens is 324 g/mol. The molecule has 2 rings (SSSR count). The number of hydrogen-bond donors (Lipinski definition) is 1. The molecule has 1 aliphatic rings. The van der Waals surface area contributed by atoms with E-state index in [2.05, 4.69) is 78.9 Å². The first-order valence-electron chi connectivity index (χ1n) is 7.73. The Kier molecular flexibility index (Phi) is 5.29. The number of hydrogen-bond acceptors (Lipinski definition) is 2. The largest absolute Gasteiger partial charge is 0.326 e. The molecule has 2 atom stereocenters. The highest BCUT2D eigenvalue weighted by molar-refractivity contribution is 9.10. The Morgan fingerprint density at radius 1 is 1.29 bits per heavy atom. The van der Waals surface area contributed by atoms with Gasteiger partial charge in [0.1, 0.15) is 0 Å². The lowest BCUT2D eigenvalue weighted by Crippen LogP contribution is -2.42. The van der Waals surface area contributed by atoms with Crippen LogP contribution in [0.15, 0.2) is 40.4 Å². The molecule has 0 saturated carbocycles. The van der Waals surface area contributed by atoms with Crippen molar-refractivity contribution in [1.82, 2.24) is 4.90 Å². The van der Waals surface area contributed by atoms with Crippen LogP contribution >= 0.6 is 15.9 Å². The molecule has 0 fully saturated rings. The van der Waals surface area contributed by atoms with Crippen molar-refractivity contribution in [3.63, 3.8) is 0 Å². The molecule has 2 nitrogen and oxygen atoms in total. The molecule has 1 aliphatic heterocycles. The number of nitrogens with two attached hydrogens (primary N) is 1. The van der Waals surface area contributed by atoms with E-state index in [1.165, 1.54) is 5.56 Å². The van der Waals surface area contributed by atoms with Gasteiger partial charge in [-0.25, -0.2) is 0 Å². The first-order valence-corrected chi connectivity index (χ1v) is 8.53. The van der Waals surface area contributed by atoms with Crippen LogP contribution in [0.5, 0.6) is 0 Å². The number of rotatable bonds is 3. The highest BCUT2D eigenvalue weighted by Crippen LogP contribution is 2.34. The standard InChI is InChI=1S/C18H27BrN2/c1-13(20)17(14-6-5-7-16(19)12-14)21-10-8-15(9-11-21)18(2,3)4/h5-8,12-13,17H,9-11,20H2,1-4H3. The molecule has 116 valence electrons. The van der Waals surface area contributed by atoms with Crippen LogP contribution in [-0.2, 0) is 0 Å². The zero-order chi connectivity index (χ0) is 15.6. The second kappa shape index (κ2) is 6.64. The minimum atomic E-state index is 0.115. The summed E-state index contributed by atoms with van der Waals surface area (Å²) in [6, 6.07) is 8.92. The van der Waals surface area contributed by atoms with Gasteiger partial charge in [-0.3, -0.25) is 4.90 Å². The normalized spacial score (nSPS) is 20.0. The monoisotopic (exact) mass is 350 g/mol. The lowest BCUT2D eigenvalue weighted by Gasteiger charge is -2.38. The smallest absolute Gasteiger partial charge is 0.0500 e. The Bertz CT molecular complexity index is 514. The van der Waals surface area contributed by atoms with E-state index in [4.69, 9.17) is 5.73 Å². The first-order chi connectivity index (χ1) is 9.79. The van der Waals surface area contributed by atoms with E-state index in [-0.39, 0.29) is 17.5 Å². The Hall–Kier alpha value is -0.640. The van der Waals surface area contributed by atoms with E-state index in [1.54, 1.807) is 5.57 Å². The molecule has 2 N–H and O–H groups in total. The summed E-state index contributed by atoms with van der Waals surface area (Å²) in [4.78, 5) is 2.50. The minimum absolute atomic E-state index is 0.115. The van der Waals surface area contributed by atoms with Gasteiger partial charge < -0.3 is 5.73 Å². The fraction of sp³-hybridized carbons (Fsp3) is 0.556. The van der Waals surface area contributed by atoms with Crippen molar-refractivity contribution in [3.8, 4) is 0 Å². The lowest BCUT2D eigenvalue weighted by molar-refractivity contribution is 0.184. The van der Waals surface area contributed by atoms with Gasteiger partial charge in [-0.15, -0.1) is 0 Å². The highest BCUT2D eigenvalue weighted by atomic mass is 79.9. The Balaban J connectivity index is 2.20. The van der Waals surface area contributed by atoms with Gasteiger partial charge in [0.2, 0.25) is 0 Å². The van der Waals surface area contributed by atoms with Gasteiger partial charge in [-0.2, -0.15) is 0 Å². The molecule has 0 aromatic heterocycles. The third kappa shape index (κ3) is 4.18. The number of halogens is 1. The van der Waals surface area contributed by atoms with Crippen LogP contribution in [0.2, 0.25) is 0 Å². The van der Waals surface area contributed by atoms with Crippen LogP contribution in [0.25, 0.3) is 0 Å². The van der Waals surface area contributed by atoms with Gasteiger partial charge in [0, 0.05) is 29.6 Å². The summed E-state index contributed by atoms with van der Waals surface area (Å²) in [6.45, 7) is 11.1. The molecule has 1 heterocycles. The first kappa shape index (κ1) is 16.7. The maximum absolute atomic E-state index is 6.29. The summed E-state index contributed by atoms with van der Waals surface area (Å²) in [5.41, 5.74) is 9.44. The summed E-state index contributed by atoms with van der Waals surface area (Å²) in [5.74, 6) is 0. The summed E-state index contributed by atoms with van der Waals surface area (Å²) in [6.07, 6.45) is 3.54. The molecule has 3 heteroatoms. The second-order valence-electron chi connectivity index (χ2n) is 7.08. The number of nitrogens with zero attached hydrogens (tertiary/aromatic N) is 1. The zero-order valence-corrected chi connectivity index (χ0v) is 15.2. The van der Waals surface area contributed by atoms with Gasteiger partial charge in [-0.1, -0.05) is 60.5 Å².